The molecule has 20 heavy (non-hydrogen) atoms. The summed E-state index contributed by atoms with van der Waals surface area (Å²) in [5.41, 5.74) is 6.67. The molecule has 2 rings (SSSR count). The molecule has 0 atom stereocenters. The first-order chi connectivity index (χ1) is 9.38. The van der Waals surface area contributed by atoms with Gasteiger partial charge in [-0.3, -0.25) is 0 Å². The Hall–Kier alpha value is -1.21. The van der Waals surface area contributed by atoms with Gasteiger partial charge in [0.2, 0.25) is 10.0 Å². The Kier molecular flexibility index (Phi) is 4.59. The number of benzene rings is 2. The van der Waals surface area contributed by atoms with Gasteiger partial charge in [0, 0.05) is 22.2 Å². The van der Waals surface area contributed by atoms with E-state index >= 15 is 0 Å². The fraction of sp³-hybridized carbons (Fsp3) is 0.0769. The molecule has 0 bridgehead atoms. The number of halogens is 1. The fourth-order valence-electron chi connectivity index (χ4n) is 1.66. The third kappa shape index (κ3) is 3.67. The lowest BCUT2D eigenvalue weighted by Crippen LogP contribution is -2.23. The van der Waals surface area contributed by atoms with Gasteiger partial charge in [0.05, 0.1) is 4.90 Å². The Morgan fingerprint density at radius 3 is 2.55 bits per heavy atom. The minimum atomic E-state index is -3.66. The van der Waals surface area contributed by atoms with Gasteiger partial charge in [-0.05, 0) is 29.8 Å². The molecule has 2 aromatic carbocycles. The van der Waals surface area contributed by atoms with Gasteiger partial charge in [0.15, 0.2) is 0 Å². The number of anilines is 1. The molecule has 2 aromatic rings. The Labute approximate surface area is 128 Å². The summed E-state index contributed by atoms with van der Waals surface area (Å²) in [4.78, 5) is 0.567. The van der Waals surface area contributed by atoms with Gasteiger partial charge in [-0.15, -0.1) is 12.6 Å². The van der Waals surface area contributed by atoms with E-state index in [9.17, 15) is 8.42 Å². The third-order valence-electron chi connectivity index (χ3n) is 2.63. The number of thiol groups is 1. The average Bonchev–Trinajstić information content (AvgIpc) is 2.37. The second-order valence-corrected chi connectivity index (χ2v) is 6.87. The number of nitrogen functional groups attached to an aromatic ring is 1. The van der Waals surface area contributed by atoms with Crippen LogP contribution in [0.3, 0.4) is 0 Å². The van der Waals surface area contributed by atoms with Crippen molar-refractivity contribution in [1.82, 2.24) is 4.72 Å². The monoisotopic (exact) mass is 328 g/mol. The van der Waals surface area contributed by atoms with E-state index in [1.165, 1.54) is 12.1 Å². The van der Waals surface area contributed by atoms with Crippen LogP contribution in [0.5, 0.6) is 0 Å². The molecule has 7 heteroatoms. The molecule has 0 aliphatic carbocycles. The van der Waals surface area contributed by atoms with Gasteiger partial charge >= 0.3 is 0 Å². The zero-order valence-corrected chi connectivity index (χ0v) is 12.8. The number of hydrogen-bond donors (Lipinski definition) is 3. The number of hydrogen-bond acceptors (Lipinski definition) is 4. The number of nitrogens with one attached hydrogen (secondary N) is 1. The lowest BCUT2D eigenvalue weighted by molar-refractivity contribution is 0.581. The molecule has 0 unspecified atom stereocenters. The number of sulfonamides is 1. The summed E-state index contributed by atoms with van der Waals surface area (Å²) >= 11 is 10.1. The van der Waals surface area contributed by atoms with Crippen molar-refractivity contribution < 1.29 is 8.42 Å². The molecule has 0 aliphatic heterocycles. The Morgan fingerprint density at radius 1 is 1.20 bits per heavy atom. The summed E-state index contributed by atoms with van der Waals surface area (Å²) < 4.78 is 26.8. The van der Waals surface area contributed by atoms with Crippen molar-refractivity contribution in [3.05, 3.63) is 53.1 Å². The van der Waals surface area contributed by atoms with Gasteiger partial charge < -0.3 is 5.73 Å². The predicted octanol–water partition coefficient (Wildman–Crippen LogP) is 2.69. The van der Waals surface area contributed by atoms with Crippen molar-refractivity contribution in [2.45, 2.75) is 16.3 Å². The highest BCUT2D eigenvalue weighted by Crippen LogP contribution is 2.20. The molecule has 0 saturated heterocycles. The highest BCUT2D eigenvalue weighted by molar-refractivity contribution is 7.89. The third-order valence-corrected chi connectivity index (χ3v) is 4.64. The molecule has 106 valence electrons. The van der Waals surface area contributed by atoms with Crippen LogP contribution in [0.25, 0.3) is 0 Å². The van der Waals surface area contributed by atoms with Crippen molar-refractivity contribution in [2.75, 3.05) is 5.73 Å². The van der Waals surface area contributed by atoms with E-state index in [1.54, 1.807) is 30.3 Å². The van der Waals surface area contributed by atoms with E-state index in [-0.39, 0.29) is 11.4 Å². The van der Waals surface area contributed by atoms with E-state index in [4.69, 9.17) is 17.3 Å². The Morgan fingerprint density at radius 2 is 1.90 bits per heavy atom. The molecule has 0 aromatic heterocycles. The summed E-state index contributed by atoms with van der Waals surface area (Å²) in [5.74, 6) is 0. The zero-order valence-electron chi connectivity index (χ0n) is 10.4. The minimum absolute atomic E-state index is 0.0783. The van der Waals surface area contributed by atoms with Gasteiger partial charge in [-0.1, -0.05) is 29.8 Å². The molecular formula is C13H13ClN2O2S2. The van der Waals surface area contributed by atoms with Crippen LogP contribution in [-0.4, -0.2) is 8.42 Å². The molecule has 0 heterocycles. The highest BCUT2D eigenvalue weighted by Gasteiger charge is 2.15. The molecule has 3 N–H and O–H groups in total. The van der Waals surface area contributed by atoms with Crippen molar-refractivity contribution in [3.63, 3.8) is 0 Å². The molecule has 0 saturated carbocycles. The van der Waals surface area contributed by atoms with Crippen molar-refractivity contribution in [2.24, 2.45) is 0 Å². The lowest BCUT2D eigenvalue weighted by atomic mass is 10.2. The second-order valence-electron chi connectivity index (χ2n) is 4.18. The summed E-state index contributed by atoms with van der Waals surface area (Å²) in [6.07, 6.45) is 0. The maximum Gasteiger partial charge on any atom is 0.240 e. The summed E-state index contributed by atoms with van der Waals surface area (Å²) in [5, 5.41) is 0.512. The largest absolute Gasteiger partial charge is 0.399 e. The molecule has 4 nitrogen and oxygen atoms in total. The predicted molar refractivity (Wildman–Crippen MR) is 83.6 cm³/mol. The van der Waals surface area contributed by atoms with Crippen molar-refractivity contribution in [3.8, 4) is 0 Å². The van der Waals surface area contributed by atoms with E-state index in [0.29, 0.717) is 21.2 Å². The first kappa shape index (κ1) is 15.2. The van der Waals surface area contributed by atoms with Crippen molar-refractivity contribution in [1.29, 1.82) is 0 Å². The fourth-order valence-corrected chi connectivity index (χ4v) is 3.32. The highest BCUT2D eigenvalue weighted by atomic mass is 35.5. The van der Waals surface area contributed by atoms with Crippen LogP contribution >= 0.6 is 24.2 Å². The SMILES string of the molecule is Nc1cc(S)cc(S(=O)(=O)NCc2ccccc2Cl)c1. The first-order valence-corrected chi connectivity index (χ1v) is 8.02. The standard InChI is InChI=1S/C13H13ClN2O2S2/c14-13-4-2-1-3-9(13)8-16-20(17,18)12-6-10(15)5-11(19)7-12/h1-7,16,19H,8,15H2. The van der Waals surface area contributed by atoms with Crippen LogP contribution in [0.2, 0.25) is 5.02 Å². The minimum Gasteiger partial charge on any atom is -0.399 e. The first-order valence-electron chi connectivity index (χ1n) is 5.71. The topological polar surface area (TPSA) is 72.2 Å². The van der Waals surface area contributed by atoms with Gasteiger partial charge in [0.1, 0.15) is 0 Å². The van der Waals surface area contributed by atoms with Gasteiger partial charge in [-0.25, -0.2) is 13.1 Å². The summed E-state index contributed by atoms with van der Waals surface area (Å²) in [7, 11) is -3.66. The molecule has 0 fully saturated rings. The Bertz CT molecular complexity index is 713. The van der Waals surface area contributed by atoms with E-state index < -0.39 is 10.0 Å². The summed E-state index contributed by atoms with van der Waals surface area (Å²) in [6.45, 7) is 0.110. The van der Waals surface area contributed by atoms with E-state index in [0.717, 1.165) is 0 Å². The number of rotatable bonds is 4. The maximum absolute atomic E-state index is 12.2. The van der Waals surface area contributed by atoms with Crippen LogP contribution < -0.4 is 10.5 Å². The summed E-state index contributed by atoms with van der Waals surface area (Å²) in [6, 6.07) is 11.4. The average molecular weight is 329 g/mol. The van der Waals surface area contributed by atoms with E-state index in [1.807, 2.05) is 0 Å². The van der Waals surface area contributed by atoms with Gasteiger partial charge in [-0.2, -0.15) is 0 Å². The van der Waals surface area contributed by atoms with Crippen LogP contribution in [0.4, 0.5) is 5.69 Å². The van der Waals surface area contributed by atoms with Crippen LogP contribution in [-0.2, 0) is 16.6 Å². The van der Waals surface area contributed by atoms with E-state index in [2.05, 4.69) is 17.4 Å². The van der Waals surface area contributed by atoms with Crippen LogP contribution in [0.1, 0.15) is 5.56 Å². The second kappa shape index (κ2) is 6.05. The molecule has 0 aliphatic rings. The number of nitrogens with two attached hydrogens (primary N) is 1. The van der Waals surface area contributed by atoms with Crippen LogP contribution in [0, 0.1) is 0 Å². The Balaban J connectivity index is 2.22. The van der Waals surface area contributed by atoms with Crippen molar-refractivity contribution >= 4 is 39.9 Å². The van der Waals surface area contributed by atoms with Gasteiger partial charge in [0.25, 0.3) is 0 Å². The molecular weight excluding hydrogens is 316 g/mol. The van der Waals surface area contributed by atoms with Crippen LogP contribution in [0.15, 0.2) is 52.3 Å². The maximum atomic E-state index is 12.2. The quantitative estimate of drug-likeness (QED) is 0.597. The zero-order chi connectivity index (χ0) is 14.8. The lowest BCUT2D eigenvalue weighted by Gasteiger charge is -2.09. The smallest absolute Gasteiger partial charge is 0.240 e. The molecule has 0 spiro atoms. The molecule has 0 amide bonds. The molecule has 0 radical (unpaired) electrons. The normalized spacial score (nSPS) is 11.5.